The van der Waals surface area contributed by atoms with Crippen LogP contribution in [0.3, 0.4) is 0 Å². The molecule has 4 aliphatic carbocycles. The van der Waals surface area contributed by atoms with Gasteiger partial charge in [0.05, 0.1) is 0 Å². The number of fused-ring (bicyclic) bond motifs is 5. The minimum Gasteiger partial charge on any atom is -0.446 e. The first-order valence-electron chi connectivity index (χ1n) is 25.8. The predicted octanol–water partition coefficient (Wildman–Crippen LogP) is 14.0. The largest absolute Gasteiger partial charge is 0.446 e. The van der Waals surface area contributed by atoms with Gasteiger partial charge in [0.15, 0.2) is 0 Å². The maximum Gasteiger partial charge on any atom is 0.410 e. The standard InChI is InChI=1S/C53H95N3O6/c1-13-40(38(2)3)24-23-39(4)44-27-28-45-43-26-25-41-37-42(29-31-52(41,11)46(43)30-32-53(44,45)12)60-49(59)56(36-22-34-55-48(58)62-51(8,9)10)35-21-19-17-15-14-16-18-20-33-54-47(57)61-50(5,6)7/h25,38-40,42-46H,13-24,26-37H2,1-12H3,(H,54,57)(H,55,58)/t39-,40-,42+,43+,44?,45?,46?,52+,53-/m1/s1. The summed E-state index contributed by atoms with van der Waals surface area (Å²) in [6.07, 6.45) is 24.6. The van der Waals surface area contributed by atoms with Crippen molar-refractivity contribution in [2.24, 2.45) is 52.3 Å². The van der Waals surface area contributed by atoms with Crippen molar-refractivity contribution in [3.05, 3.63) is 11.6 Å². The van der Waals surface area contributed by atoms with Crippen LogP contribution in [0, 0.1) is 52.3 Å². The van der Waals surface area contributed by atoms with E-state index in [4.69, 9.17) is 14.2 Å². The number of alkyl carbamates (subject to hydrolysis) is 2. The average molecular weight is 870 g/mol. The van der Waals surface area contributed by atoms with Gasteiger partial charge in [-0.2, -0.15) is 0 Å². The second-order valence-electron chi connectivity index (χ2n) is 23.2. The Morgan fingerprint density at radius 1 is 0.742 bits per heavy atom. The molecule has 9 nitrogen and oxygen atoms in total. The van der Waals surface area contributed by atoms with Crippen LogP contribution in [0.4, 0.5) is 14.4 Å². The molecule has 9 heteroatoms. The topological polar surface area (TPSA) is 106 Å². The van der Waals surface area contributed by atoms with Crippen molar-refractivity contribution < 1.29 is 28.6 Å². The molecule has 0 aromatic rings. The Hall–Kier alpha value is -2.45. The Balaban J connectivity index is 1.26. The Morgan fingerprint density at radius 2 is 1.32 bits per heavy atom. The van der Waals surface area contributed by atoms with E-state index in [1.54, 1.807) is 5.57 Å². The molecule has 9 atom stereocenters. The summed E-state index contributed by atoms with van der Waals surface area (Å²) in [7, 11) is 0. The molecule has 3 amide bonds. The number of allylic oxidation sites excluding steroid dienone is 1. The van der Waals surface area contributed by atoms with Gasteiger partial charge in [-0.05, 0) is 164 Å². The van der Waals surface area contributed by atoms with Crippen molar-refractivity contribution in [1.82, 2.24) is 15.5 Å². The Morgan fingerprint density at radius 3 is 1.92 bits per heavy atom. The number of carbonyl (C=O) groups is 3. The van der Waals surface area contributed by atoms with Crippen molar-refractivity contribution in [2.45, 2.75) is 229 Å². The molecule has 0 aromatic carbocycles. The van der Waals surface area contributed by atoms with E-state index >= 15 is 0 Å². The molecule has 358 valence electrons. The van der Waals surface area contributed by atoms with E-state index in [0.29, 0.717) is 38.0 Å². The minimum atomic E-state index is -0.551. The van der Waals surface area contributed by atoms with Gasteiger partial charge in [0.2, 0.25) is 0 Å². The fraction of sp³-hybridized carbons (Fsp3) is 0.906. The Bertz CT molecular complexity index is 1430. The number of carbonyl (C=O) groups excluding carboxylic acids is 3. The van der Waals surface area contributed by atoms with Crippen molar-refractivity contribution in [1.29, 1.82) is 0 Å². The van der Waals surface area contributed by atoms with Gasteiger partial charge in [0.1, 0.15) is 17.3 Å². The lowest BCUT2D eigenvalue weighted by Gasteiger charge is -2.58. The van der Waals surface area contributed by atoms with Crippen LogP contribution in [0.1, 0.15) is 212 Å². The summed E-state index contributed by atoms with van der Waals surface area (Å²) in [4.78, 5) is 39.9. The molecule has 4 aliphatic rings. The first kappa shape index (κ1) is 52.2. The van der Waals surface area contributed by atoms with E-state index < -0.39 is 17.3 Å². The number of nitrogens with one attached hydrogen (secondary N) is 2. The predicted molar refractivity (Wildman–Crippen MR) is 254 cm³/mol. The van der Waals surface area contributed by atoms with Gasteiger partial charge >= 0.3 is 18.3 Å². The van der Waals surface area contributed by atoms with Crippen molar-refractivity contribution in [2.75, 3.05) is 26.2 Å². The number of nitrogens with zero attached hydrogens (tertiary/aromatic N) is 1. The molecule has 4 rings (SSSR count). The molecular weight excluding hydrogens is 775 g/mol. The molecule has 0 radical (unpaired) electrons. The summed E-state index contributed by atoms with van der Waals surface area (Å²) < 4.78 is 17.1. The highest BCUT2D eigenvalue weighted by Crippen LogP contribution is 2.67. The zero-order chi connectivity index (χ0) is 45.7. The third-order valence-electron chi connectivity index (χ3n) is 16.1. The zero-order valence-corrected chi connectivity index (χ0v) is 42.1. The first-order valence-corrected chi connectivity index (χ1v) is 25.8. The maximum atomic E-state index is 13.9. The minimum absolute atomic E-state index is 0.0801. The van der Waals surface area contributed by atoms with Crippen LogP contribution in [-0.2, 0) is 14.2 Å². The van der Waals surface area contributed by atoms with Crippen molar-refractivity contribution in [3.63, 3.8) is 0 Å². The highest BCUT2D eigenvalue weighted by molar-refractivity contribution is 5.68. The zero-order valence-electron chi connectivity index (χ0n) is 42.1. The lowest BCUT2D eigenvalue weighted by atomic mass is 9.47. The van der Waals surface area contributed by atoms with Gasteiger partial charge in [-0.3, -0.25) is 0 Å². The fourth-order valence-corrected chi connectivity index (χ4v) is 12.7. The van der Waals surface area contributed by atoms with E-state index in [0.717, 1.165) is 99.2 Å². The SMILES string of the molecule is CC[C@H](CC[C@@H](C)C1CCC2[C@@H]3CC=C4C[C@@H](OC(=O)N(CCCCCCCCCCNC(=O)OC(C)(C)C)CCCNC(=O)OC(C)(C)C)CC[C@]4(C)C3CC[C@@]21C)C(C)C. The van der Waals surface area contributed by atoms with Crippen LogP contribution < -0.4 is 10.6 Å². The lowest BCUT2D eigenvalue weighted by Crippen LogP contribution is -2.51. The lowest BCUT2D eigenvalue weighted by molar-refractivity contribution is -0.0595. The highest BCUT2D eigenvalue weighted by atomic mass is 16.6. The summed E-state index contributed by atoms with van der Waals surface area (Å²) in [6.45, 7) is 28.5. The molecule has 0 aliphatic heterocycles. The molecule has 0 bridgehead atoms. The normalized spacial score (nSPS) is 28.1. The molecule has 62 heavy (non-hydrogen) atoms. The maximum absolute atomic E-state index is 13.9. The van der Waals surface area contributed by atoms with Crippen molar-refractivity contribution in [3.8, 4) is 0 Å². The van der Waals surface area contributed by atoms with E-state index in [1.165, 1.54) is 64.2 Å². The van der Waals surface area contributed by atoms with Gasteiger partial charge in [-0.1, -0.05) is 105 Å². The van der Waals surface area contributed by atoms with Gasteiger partial charge in [-0.25, -0.2) is 14.4 Å². The number of ether oxygens (including phenoxy) is 3. The average Bonchev–Trinajstić information content (AvgIpc) is 3.53. The molecular formula is C53H95N3O6. The number of rotatable bonds is 22. The van der Waals surface area contributed by atoms with Crippen LogP contribution >= 0.6 is 0 Å². The quantitative estimate of drug-likeness (QED) is 0.0638. The smallest absolute Gasteiger partial charge is 0.410 e. The second kappa shape index (κ2) is 23.7. The van der Waals surface area contributed by atoms with E-state index in [2.05, 4.69) is 58.3 Å². The van der Waals surface area contributed by atoms with Gasteiger partial charge in [-0.15, -0.1) is 0 Å². The van der Waals surface area contributed by atoms with Gasteiger partial charge in [0.25, 0.3) is 0 Å². The van der Waals surface area contributed by atoms with Crippen molar-refractivity contribution >= 4 is 18.3 Å². The molecule has 3 unspecified atom stereocenters. The Labute approximate surface area is 380 Å². The Kier molecular flexibility index (Phi) is 19.9. The third-order valence-corrected chi connectivity index (χ3v) is 16.1. The number of hydrogen-bond donors (Lipinski definition) is 2. The highest BCUT2D eigenvalue weighted by Gasteiger charge is 2.59. The molecule has 0 aromatic heterocycles. The fourth-order valence-electron chi connectivity index (χ4n) is 12.7. The van der Waals surface area contributed by atoms with Crippen LogP contribution in [0.2, 0.25) is 0 Å². The van der Waals surface area contributed by atoms with Crippen LogP contribution in [0.15, 0.2) is 11.6 Å². The molecule has 3 saturated carbocycles. The van der Waals surface area contributed by atoms with E-state index in [1.807, 2.05) is 46.4 Å². The molecule has 0 spiro atoms. The number of unbranched alkanes of at least 4 members (excludes halogenated alkanes) is 7. The first-order chi connectivity index (χ1) is 29.2. The van der Waals surface area contributed by atoms with Gasteiger partial charge < -0.3 is 29.7 Å². The summed E-state index contributed by atoms with van der Waals surface area (Å²) in [6, 6.07) is 0. The summed E-state index contributed by atoms with van der Waals surface area (Å²) in [5, 5.41) is 5.71. The summed E-state index contributed by atoms with van der Waals surface area (Å²) in [5.74, 6) is 5.69. The molecule has 0 saturated heterocycles. The van der Waals surface area contributed by atoms with Crippen LogP contribution in [0.25, 0.3) is 0 Å². The van der Waals surface area contributed by atoms with Crippen LogP contribution in [-0.4, -0.2) is 66.7 Å². The summed E-state index contributed by atoms with van der Waals surface area (Å²) >= 11 is 0. The number of hydrogen-bond acceptors (Lipinski definition) is 6. The monoisotopic (exact) mass is 870 g/mol. The summed E-state index contributed by atoms with van der Waals surface area (Å²) in [5.41, 5.74) is 1.22. The number of amides is 3. The molecule has 2 N–H and O–H groups in total. The van der Waals surface area contributed by atoms with Gasteiger partial charge in [0, 0.05) is 32.6 Å². The van der Waals surface area contributed by atoms with E-state index in [-0.39, 0.29) is 23.7 Å². The third kappa shape index (κ3) is 15.3. The molecule has 3 fully saturated rings. The van der Waals surface area contributed by atoms with E-state index in [9.17, 15) is 14.4 Å². The second-order valence-corrected chi connectivity index (χ2v) is 23.2. The van der Waals surface area contributed by atoms with Crippen LogP contribution in [0.5, 0.6) is 0 Å². The molecule has 0 heterocycles.